The number of hydrogen-bond acceptors (Lipinski definition) is 4. The van der Waals surface area contributed by atoms with Crippen molar-refractivity contribution in [1.82, 2.24) is 14.8 Å². The smallest absolute Gasteiger partial charge is 0.289 e. The van der Waals surface area contributed by atoms with E-state index in [4.69, 9.17) is 5.11 Å². The van der Waals surface area contributed by atoms with E-state index in [-0.39, 0.29) is 29.6 Å². The number of aromatic nitrogens is 3. The Labute approximate surface area is 83.8 Å². The predicted octanol–water partition coefficient (Wildman–Crippen LogP) is -0.923. The van der Waals surface area contributed by atoms with Crippen LogP contribution in [0.2, 0.25) is 0 Å². The van der Waals surface area contributed by atoms with Crippen LogP contribution in [-0.2, 0) is 6.54 Å². The molecule has 2 heterocycles. The van der Waals surface area contributed by atoms with Crippen molar-refractivity contribution in [3.05, 3.63) is 39.0 Å². The molecule has 0 amide bonds. The summed E-state index contributed by atoms with van der Waals surface area (Å²) in [5.41, 5.74) is -0.665. The van der Waals surface area contributed by atoms with Crippen molar-refractivity contribution in [2.45, 2.75) is 6.54 Å². The summed E-state index contributed by atoms with van der Waals surface area (Å²) in [6.07, 6.45) is 1.45. The van der Waals surface area contributed by atoms with Gasteiger partial charge in [0, 0.05) is 6.20 Å². The molecule has 0 saturated heterocycles. The number of nitrogens with zero attached hydrogens (tertiary/aromatic N) is 2. The lowest BCUT2D eigenvalue weighted by Crippen LogP contribution is -2.31. The van der Waals surface area contributed by atoms with Crippen LogP contribution in [0.3, 0.4) is 0 Å². The maximum atomic E-state index is 11.7. The summed E-state index contributed by atoms with van der Waals surface area (Å²) in [5, 5.41) is 11.3. The first-order valence-electron chi connectivity index (χ1n) is 4.43. The van der Waals surface area contributed by atoms with E-state index in [2.05, 4.69) is 10.1 Å². The molecule has 2 aromatic heterocycles. The molecule has 0 aromatic carbocycles. The molecule has 0 fully saturated rings. The molecule has 0 aliphatic rings. The molecule has 0 aliphatic carbocycles. The third kappa shape index (κ3) is 1.55. The second kappa shape index (κ2) is 3.66. The molecule has 0 radical (unpaired) electrons. The zero-order valence-corrected chi connectivity index (χ0v) is 7.80. The Morgan fingerprint density at radius 3 is 3.00 bits per heavy atom. The second-order valence-corrected chi connectivity index (χ2v) is 3.02. The Bertz CT molecular complexity index is 599. The number of aliphatic hydroxyl groups excluding tert-OH is 1. The van der Waals surface area contributed by atoms with Gasteiger partial charge in [-0.2, -0.15) is 0 Å². The van der Waals surface area contributed by atoms with Gasteiger partial charge in [0.05, 0.1) is 18.5 Å². The fraction of sp³-hybridized carbons (Fsp3) is 0.222. The summed E-state index contributed by atoms with van der Waals surface area (Å²) in [6.45, 7) is -0.138. The lowest BCUT2D eigenvalue weighted by Gasteiger charge is -2.03. The van der Waals surface area contributed by atoms with E-state index in [1.54, 1.807) is 6.07 Å². The normalized spacial score (nSPS) is 10.7. The maximum Gasteiger partial charge on any atom is 0.289 e. The maximum absolute atomic E-state index is 11.7. The highest BCUT2D eigenvalue weighted by Gasteiger charge is 2.06. The van der Waals surface area contributed by atoms with Crippen LogP contribution in [0.15, 0.2) is 27.9 Å². The summed E-state index contributed by atoms with van der Waals surface area (Å²) >= 11 is 0. The van der Waals surface area contributed by atoms with Gasteiger partial charge in [-0.05, 0) is 12.1 Å². The van der Waals surface area contributed by atoms with E-state index >= 15 is 0 Å². The number of H-pyrrole nitrogens is 1. The number of aromatic amines is 1. The van der Waals surface area contributed by atoms with Gasteiger partial charge in [0.2, 0.25) is 0 Å². The number of aliphatic hydroxyl groups is 1. The van der Waals surface area contributed by atoms with Crippen LogP contribution in [0.4, 0.5) is 0 Å². The van der Waals surface area contributed by atoms with Gasteiger partial charge in [-0.15, -0.1) is 0 Å². The van der Waals surface area contributed by atoms with Gasteiger partial charge >= 0.3 is 0 Å². The average Bonchev–Trinajstić information content (AvgIpc) is 2.26. The van der Waals surface area contributed by atoms with Crippen LogP contribution >= 0.6 is 0 Å². The van der Waals surface area contributed by atoms with Gasteiger partial charge in [0.1, 0.15) is 5.52 Å². The summed E-state index contributed by atoms with van der Waals surface area (Å²) in [6, 6.07) is 3.13. The first-order chi connectivity index (χ1) is 7.24. The van der Waals surface area contributed by atoms with Crippen molar-refractivity contribution in [2.24, 2.45) is 0 Å². The SMILES string of the molecule is O=c1[nH]n(CCO)c(=O)c2cccnc12. The molecule has 0 unspecified atom stereocenters. The van der Waals surface area contributed by atoms with Crippen molar-refractivity contribution in [2.75, 3.05) is 6.61 Å². The minimum absolute atomic E-state index is 0.0684. The summed E-state index contributed by atoms with van der Waals surface area (Å²) in [4.78, 5) is 27.0. The highest BCUT2D eigenvalue weighted by molar-refractivity contribution is 5.75. The Morgan fingerprint density at radius 1 is 1.47 bits per heavy atom. The third-order valence-electron chi connectivity index (χ3n) is 2.06. The zero-order valence-electron chi connectivity index (χ0n) is 7.80. The Morgan fingerprint density at radius 2 is 2.27 bits per heavy atom. The number of nitrogens with one attached hydrogen (secondary N) is 1. The fourth-order valence-electron chi connectivity index (χ4n) is 1.39. The highest BCUT2D eigenvalue weighted by atomic mass is 16.3. The predicted molar refractivity (Wildman–Crippen MR) is 53.7 cm³/mol. The fourth-order valence-corrected chi connectivity index (χ4v) is 1.39. The molecule has 0 aliphatic heterocycles. The largest absolute Gasteiger partial charge is 0.394 e. The van der Waals surface area contributed by atoms with Gasteiger partial charge in [0.25, 0.3) is 11.1 Å². The van der Waals surface area contributed by atoms with Crippen molar-refractivity contribution in [1.29, 1.82) is 0 Å². The molecule has 15 heavy (non-hydrogen) atoms. The molecular formula is C9H9N3O3. The first kappa shape index (κ1) is 9.60. The van der Waals surface area contributed by atoms with E-state index in [0.29, 0.717) is 0 Å². The van der Waals surface area contributed by atoms with Crippen LogP contribution in [0.5, 0.6) is 0 Å². The first-order valence-corrected chi connectivity index (χ1v) is 4.43. The van der Waals surface area contributed by atoms with Crippen molar-refractivity contribution < 1.29 is 5.11 Å². The van der Waals surface area contributed by atoms with Crippen LogP contribution in [-0.4, -0.2) is 26.5 Å². The third-order valence-corrected chi connectivity index (χ3v) is 2.06. The molecule has 6 nitrogen and oxygen atoms in total. The van der Waals surface area contributed by atoms with Crippen LogP contribution in [0.1, 0.15) is 0 Å². The van der Waals surface area contributed by atoms with Crippen molar-refractivity contribution in [3.8, 4) is 0 Å². The quantitative estimate of drug-likeness (QED) is 0.666. The topological polar surface area (TPSA) is 88.0 Å². The standard InChI is InChI=1S/C9H9N3O3/c13-5-4-12-9(15)6-2-1-3-10-7(6)8(14)11-12/h1-3,13H,4-5H2,(H,11,14). The summed E-state index contributed by atoms with van der Waals surface area (Å²) in [5.74, 6) is 0. The van der Waals surface area contributed by atoms with E-state index in [1.807, 2.05) is 0 Å². The van der Waals surface area contributed by atoms with Gasteiger partial charge < -0.3 is 5.11 Å². The number of hydrogen-bond donors (Lipinski definition) is 2. The minimum Gasteiger partial charge on any atom is -0.394 e. The molecule has 0 atom stereocenters. The van der Waals surface area contributed by atoms with E-state index < -0.39 is 5.56 Å². The summed E-state index contributed by atoms with van der Waals surface area (Å²) < 4.78 is 1.08. The number of rotatable bonds is 2. The van der Waals surface area contributed by atoms with Gasteiger partial charge in [0.15, 0.2) is 0 Å². The van der Waals surface area contributed by atoms with E-state index in [0.717, 1.165) is 4.68 Å². The Hall–Kier alpha value is -1.95. The minimum atomic E-state index is -0.432. The van der Waals surface area contributed by atoms with E-state index in [9.17, 15) is 9.59 Å². The van der Waals surface area contributed by atoms with Crippen LogP contribution in [0, 0.1) is 0 Å². The number of fused-ring (bicyclic) bond motifs is 1. The monoisotopic (exact) mass is 207 g/mol. The van der Waals surface area contributed by atoms with Crippen LogP contribution in [0.25, 0.3) is 10.9 Å². The Kier molecular flexibility index (Phi) is 2.34. The van der Waals surface area contributed by atoms with Crippen molar-refractivity contribution in [3.63, 3.8) is 0 Å². The van der Waals surface area contributed by atoms with Gasteiger partial charge in [-0.3, -0.25) is 19.7 Å². The zero-order chi connectivity index (χ0) is 10.8. The van der Waals surface area contributed by atoms with Crippen molar-refractivity contribution >= 4 is 10.9 Å². The van der Waals surface area contributed by atoms with Gasteiger partial charge in [-0.25, -0.2) is 4.68 Å². The van der Waals surface area contributed by atoms with E-state index in [1.165, 1.54) is 12.3 Å². The molecule has 6 heteroatoms. The molecule has 0 bridgehead atoms. The number of pyridine rings is 1. The molecular weight excluding hydrogens is 198 g/mol. The molecule has 0 spiro atoms. The molecule has 2 rings (SSSR count). The molecule has 2 aromatic rings. The summed E-state index contributed by atoms with van der Waals surface area (Å²) in [7, 11) is 0. The molecule has 78 valence electrons. The highest BCUT2D eigenvalue weighted by Crippen LogP contribution is 1.97. The Balaban J connectivity index is 2.85. The lowest BCUT2D eigenvalue weighted by atomic mass is 10.3. The second-order valence-electron chi connectivity index (χ2n) is 3.02. The average molecular weight is 207 g/mol. The molecule has 2 N–H and O–H groups in total. The molecule has 0 saturated carbocycles. The lowest BCUT2D eigenvalue weighted by molar-refractivity contribution is 0.266. The van der Waals surface area contributed by atoms with Crippen LogP contribution < -0.4 is 11.1 Å². The van der Waals surface area contributed by atoms with Gasteiger partial charge in [-0.1, -0.05) is 0 Å².